The Kier molecular flexibility index (Phi) is 5.99. The first-order chi connectivity index (χ1) is 16.4. The van der Waals surface area contributed by atoms with Crippen LogP contribution in [-0.2, 0) is 14.8 Å². The molecule has 0 spiro atoms. The number of carbonyl (C=O) groups is 2. The summed E-state index contributed by atoms with van der Waals surface area (Å²) in [6.45, 7) is 2.48. The maximum atomic E-state index is 13.2. The Hall–Kier alpha value is -3.40. The molecular formula is C24H27N5O4S. The molecule has 2 N–H and O–H groups in total. The molecule has 3 aliphatic heterocycles. The van der Waals surface area contributed by atoms with Crippen LogP contribution in [0.2, 0.25) is 0 Å². The van der Waals surface area contributed by atoms with E-state index in [4.69, 9.17) is 0 Å². The third-order valence-electron chi connectivity index (χ3n) is 6.52. The number of likely N-dealkylation sites (tertiary alicyclic amines) is 2. The normalized spacial score (nSPS) is 21.1. The zero-order valence-electron chi connectivity index (χ0n) is 18.7. The average molecular weight is 482 g/mol. The molecule has 34 heavy (non-hydrogen) atoms. The van der Waals surface area contributed by atoms with Crippen LogP contribution in [0.1, 0.15) is 31.2 Å². The maximum absolute atomic E-state index is 13.2. The number of benzene rings is 2. The fourth-order valence-corrected chi connectivity index (χ4v) is 5.98. The summed E-state index contributed by atoms with van der Waals surface area (Å²) in [6.07, 6.45) is 3.43. The first kappa shape index (κ1) is 22.4. The summed E-state index contributed by atoms with van der Waals surface area (Å²) in [5.74, 6) is -0.0945. The largest absolute Gasteiger partial charge is 0.355 e. The smallest absolute Gasteiger partial charge is 0.321 e. The first-order valence-electron chi connectivity index (χ1n) is 11.6. The van der Waals surface area contributed by atoms with Gasteiger partial charge in [0.1, 0.15) is 4.90 Å². The third-order valence-corrected chi connectivity index (χ3v) is 7.85. The van der Waals surface area contributed by atoms with Gasteiger partial charge in [0, 0.05) is 31.7 Å². The van der Waals surface area contributed by atoms with Gasteiger partial charge in [0.15, 0.2) is 5.84 Å². The standard InChI is InChI=1S/C24H27N5O4S/c30-23(25-19-10-2-3-11-20(19)26-24(31)28-13-5-6-14-28)17-8-7-15-29(16-17)22-18-9-1-4-12-21(18)34(32,33)27-22/h1-4,9-12,17H,5-8,13-16H2,(H,25,30)(H,26,31). The monoisotopic (exact) mass is 481 g/mol. The van der Waals surface area contributed by atoms with E-state index in [1.807, 2.05) is 17.0 Å². The molecule has 2 aromatic carbocycles. The summed E-state index contributed by atoms with van der Waals surface area (Å²) in [5.41, 5.74) is 1.68. The van der Waals surface area contributed by atoms with Gasteiger partial charge in [-0.05, 0) is 49.9 Å². The van der Waals surface area contributed by atoms with Crippen molar-refractivity contribution in [2.75, 3.05) is 36.8 Å². The van der Waals surface area contributed by atoms with Crippen LogP contribution >= 0.6 is 0 Å². The number of nitrogens with zero attached hydrogens (tertiary/aromatic N) is 3. The minimum Gasteiger partial charge on any atom is -0.355 e. The van der Waals surface area contributed by atoms with Crippen LogP contribution in [0.15, 0.2) is 57.8 Å². The van der Waals surface area contributed by atoms with Crippen molar-refractivity contribution >= 4 is 39.2 Å². The number of sulfonamides is 1. The Morgan fingerprint density at radius 3 is 2.32 bits per heavy atom. The van der Waals surface area contributed by atoms with Crippen molar-refractivity contribution in [2.45, 2.75) is 30.6 Å². The third kappa shape index (κ3) is 4.37. The molecule has 2 fully saturated rings. The lowest BCUT2D eigenvalue weighted by molar-refractivity contribution is -0.121. The van der Waals surface area contributed by atoms with Crippen molar-refractivity contribution < 1.29 is 18.0 Å². The van der Waals surface area contributed by atoms with Gasteiger partial charge in [-0.15, -0.1) is 4.40 Å². The van der Waals surface area contributed by atoms with Crippen LogP contribution < -0.4 is 10.6 Å². The van der Waals surface area contributed by atoms with Crippen LogP contribution in [0.4, 0.5) is 16.2 Å². The van der Waals surface area contributed by atoms with Gasteiger partial charge in [0.25, 0.3) is 10.0 Å². The van der Waals surface area contributed by atoms with Crippen molar-refractivity contribution in [1.29, 1.82) is 0 Å². The minimum absolute atomic E-state index is 0.165. The number of urea groups is 1. The molecule has 2 aromatic rings. The molecule has 0 radical (unpaired) electrons. The van der Waals surface area contributed by atoms with E-state index < -0.39 is 10.0 Å². The highest BCUT2D eigenvalue weighted by atomic mass is 32.2. The molecule has 3 heterocycles. The number of hydrogen-bond acceptors (Lipinski definition) is 5. The average Bonchev–Trinajstić information content (AvgIpc) is 3.47. The van der Waals surface area contributed by atoms with Crippen LogP contribution in [0.3, 0.4) is 0 Å². The summed E-state index contributed by atoms with van der Waals surface area (Å²) in [5, 5.41) is 5.88. The predicted octanol–water partition coefficient (Wildman–Crippen LogP) is 3.11. The van der Waals surface area contributed by atoms with Crippen molar-refractivity contribution in [3.05, 3.63) is 54.1 Å². The van der Waals surface area contributed by atoms with E-state index in [1.54, 1.807) is 41.3 Å². The van der Waals surface area contributed by atoms with E-state index in [2.05, 4.69) is 15.0 Å². The van der Waals surface area contributed by atoms with Gasteiger partial charge in [-0.3, -0.25) is 4.79 Å². The van der Waals surface area contributed by atoms with Crippen LogP contribution in [0.5, 0.6) is 0 Å². The van der Waals surface area contributed by atoms with E-state index in [9.17, 15) is 18.0 Å². The highest BCUT2D eigenvalue weighted by Gasteiger charge is 2.35. The van der Waals surface area contributed by atoms with Gasteiger partial charge >= 0.3 is 6.03 Å². The maximum Gasteiger partial charge on any atom is 0.321 e. The molecule has 0 aromatic heterocycles. The number of nitrogens with one attached hydrogen (secondary N) is 2. The van der Waals surface area contributed by atoms with Crippen LogP contribution in [-0.4, -0.2) is 62.2 Å². The second kappa shape index (κ2) is 9.09. The molecule has 3 amide bonds. The Balaban J connectivity index is 1.29. The minimum atomic E-state index is -3.71. The van der Waals surface area contributed by atoms with Crippen LogP contribution in [0.25, 0.3) is 0 Å². The Labute approximate surface area is 198 Å². The summed E-state index contributed by atoms with van der Waals surface area (Å²) < 4.78 is 28.9. The zero-order valence-corrected chi connectivity index (χ0v) is 19.6. The molecule has 1 atom stereocenters. The van der Waals surface area contributed by atoms with E-state index in [0.717, 1.165) is 32.4 Å². The van der Waals surface area contributed by atoms with E-state index >= 15 is 0 Å². The molecule has 3 aliphatic rings. The summed E-state index contributed by atoms with van der Waals surface area (Å²) in [4.78, 5) is 29.6. The number of amidine groups is 1. The van der Waals surface area contributed by atoms with Crippen molar-refractivity contribution in [3.8, 4) is 0 Å². The molecule has 10 heteroatoms. The summed E-state index contributed by atoms with van der Waals surface area (Å²) >= 11 is 0. The second-order valence-electron chi connectivity index (χ2n) is 8.83. The number of amides is 3. The van der Waals surface area contributed by atoms with E-state index in [1.165, 1.54) is 0 Å². The fourth-order valence-electron chi connectivity index (χ4n) is 4.75. The number of para-hydroxylation sites is 2. The second-order valence-corrected chi connectivity index (χ2v) is 10.4. The molecule has 9 nitrogen and oxygen atoms in total. The Bertz CT molecular complexity index is 1250. The van der Waals surface area contributed by atoms with Gasteiger partial charge in [-0.1, -0.05) is 24.3 Å². The molecule has 178 valence electrons. The van der Waals surface area contributed by atoms with Crippen LogP contribution in [0, 0.1) is 5.92 Å². The van der Waals surface area contributed by atoms with E-state index in [0.29, 0.717) is 42.3 Å². The quantitative estimate of drug-likeness (QED) is 0.700. The Morgan fingerprint density at radius 2 is 1.56 bits per heavy atom. The van der Waals surface area contributed by atoms with Gasteiger partial charge in [0.2, 0.25) is 5.91 Å². The summed E-state index contributed by atoms with van der Waals surface area (Å²) in [7, 11) is -3.71. The highest BCUT2D eigenvalue weighted by Crippen LogP contribution is 2.30. The van der Waals surface area contributed by atoms with Gasteiger partial charge in [-0.25, -0.2) is 4.79 Å². The fraction of sp³-hybridized carbons (Fsp3) is 0.375. The zero-order chi connectivity index (χ0) is 23.7. The number of carbonyl (C=O) groups excluding carboxylic acids is 2. The van der Waals surface area contributed by atoms with Gasteiger partial charge in [-0.2, -0.15) is 8.42 Å². The van der Waals surface area contributed by atoms with Gasteiger partial charge < -0.3 is 20.4 Å². The molecule has 0 aliphatic carbocycles. The molecule has 2 saturated heterocycles. The topological polar surface area (TPSA) is 111 Å². The lowest BCUT2D eigenvalue weighted by atomic mass is 9.96. The molecule has 0 saturated carbocycles. The first-order valence-corrected chi connectivity index (χ1v) is 13.0. The van der Waals surface area contributed by atoms with E-state index in [-0.39, 0.29) is 22.8 Å². The highest BCUT2D eigenvalue weighted by molar-refractivity contribution is 7.90. The SMILES string of the molecule is O=C(Nc1ccccc1NC(=O)N1CCCC1)C1CCCN(C2=NS(=O)(=O)c3ccccc32)C1. The molecule has 0 bridgehead atoms. The lowest BCUT2D eigenvalue weighted by Gasteiger charge is -2.33. The summed E-state index contributed by atoms with van der Waals surface area (Å²) in [6, 6.07) is 13.8. The number of fused-ring (bicyclic) bond motifs is 1. The lowest BCUT2D eigenvalue weighted by Crippen LogP contribution is -2.43. The predicted molar refractivity (Wildman–Crippen MR) is 129 cm³/mol. The number of rotatable bonds is 3. The van der Waals surface area contributed by atoms with Gasteiger partial charge in [0.05, 0.1) is 17.3 Å². The van der Waals surface area contributed by atoms with Crippen molar-refractivity contribution in [1.82, 2.24) is 9.80 Å². The van der Waals surface area contributed by atoms with Crippen molar-refractivity contribution in [2.24, 2.45) is 10.3 Å². The number of hydrogen-bond donors (Lipinski definition) is 2. The van der Waals surface area contributed by atoms with Crippen molar-refractivity contribution in [3.63, 3.8) is 0 Å². The molecule has 5 rings (SSSR count). The number of piperidine rings is 1. The number of anilines is 2. The Morgan fingerprint density at radius 1 is 0.882 bits per heavy atom. The molecule has 1 unspecified atom stereocenters. The molecular weight excluding hydrogens is 454 g/mol.